The fourth-order valence-corrected chi connectivity index (χ4v) is 3.33. The van der Waals surface area contributed by atoms with Gasteiger partial charge in [-0.2, -0.15) is 0 Å². The van der Waals surface area contributed by atoms with E-state index in [4.69, 9.17) is 9.47 Å². The maximum absolute atomic E-state index is 13.3. The van der Waals surface area contributed by atoms with Gasteiger partial charge in [-0.15, -0.1) is 0 Å². The average molecular weight is 411 g/mol. The van der Waals surface area contributed by atoms with Gasteiger partial charge in [0.05, 0.1) is 38.2 Å². The number of alkyl halides is 2. The number of aromatic nitrogens is 2. The maximum atomic E-state index is 13.3. The molecule has 30 heavy (non-hydrogen) atoms. The lowest BCUT2D eigenvalue weighted by molar-refractivity contribution is 0.111. The van der Waals surface area contributed by atoms with E-state index in [1.807, 2.05) is 48.5 Å². The van der Waals surface area contributed by atoms with Crippen molar-refractivity contribution in [2.75, 3.05) is 19.1 Å². The number of anilines is 1. The molecule has 156 valence electrons. The molecule has 0 amide bonds. The van der Waals surface area contributed by atoms with Crippen molar-refractivity contribution in [3.63, 3.8) is 0 Å². The van der Waals surface area contributed by atoms with E-state index in [1.165, 1.54) is 6.20 Å². The van der Waals surface area contributed by atoms with Gasteiger partial charge in [-0.1, -0.05) is 24.3 Å². The summed E-state index contributed by atoms with van der Waals surface area (Å²) in [6.07, 6.45) is 2.90. The van der Waals surface area contributed by atoms with Crippen LogP contribution in [0.4, 0.5) is 14.6 Å². The Kier molecular flexibility index (Phi) is 5.53. The molecule has 0 aliphatic heterocycles. The van der Waals surface area contributed by atoms with Gasteiger partial charge in [0.15, 0.2) is 0 Å². The summed E-state index contributed by atoms with van der Waals surface area (Å²) >= 11 is 0. The molecule has 1 fully saturated rings. The molecule has 1 saturated carbocycles. The number of hydrogen-bond acceptors (Lipinski definition) is 5. The Morgan fingerprint density at radius 1 is 0.867 bits per heavy atom. The Morgan fingerprint density at radius 3 is 1.73 bits per heavy atom. The van der Waals surface area contributed by atoms with Crippen molar-refractivity contribution in [1.82, 2.24) is 9.97 Å². The first-order chi connectivity index (χ1) is 14.5. The van der Waals surface area contributed by atoms with Crippen molar-refractivity contribution >= 4 is 5.82 Å². The highest BCUT2D eigenvalue weighted by molar-refractivity contribution is 5.41. The van der Waals surface area contributed by atoms with Crippen molar-refractivity contribution in [3.05, 3.63) is 77.7 Å². The number of halogens is 2. The first-order valence-electron chi connectivity index (χ1n) is 9.69. The molecule has 1 aliphatic carbocycles. The average Bonchev–Trinajstić information content (AvgIpc) is 3.42. The molecule has 0 N–H and O–H groups in total. The van der Waals surface area contributed by atoms with Crippen LogP contribution in [-0.2, 0) is 13.1 Å². The number of nitrogens with zero attached hydrogens (tertiary/aromatic N) is 3. The summed E-state index contributed by atoms with van der Waals surface area (Å²) in [5.41, 5.74) is 2.49. The van der Waals surface area contributed by atoms with Crippen LogP contribution in [0, 0.1) is 0 Å². The third kappa shape index (κ3) is 4.50. The highest BCUT2D eigenvalue weighted by atomic mass is 19.3. The minimum absolute atomic E-state index is 0.150. The largest absolute Gasteiger partial charge is 0.497 e. The number of ether oxygens (including phenoxy) is 2. The molecule has 3 aromatic rings. The quantitative estimate of drug-likeness (QED) is 0.532. The third-order valence-corrected chi connectivity index (χ3v) is 5.23. The minimum atomic E-state index is -2.65. The lowest BCUT2D eigenvalue weighted by Crippen LogP contribution is -2.23. The number of hydrogen-bond donors (Lipinski definition) is 0. The van der Waals surface area contributed by atoms with E-state index in [0.717, 1.165) is 22.6 Å². The van der Waals surface area contributed by atoms with Crippen LogP contribution >= 0.6 is 0 Å². The van der Waals surface area contributed by atoms with Crippen molar-refractivity contribution in [2.45, 2.75) is 31.4 Å². The fourth-order valence-electron chi connectivity index (χ4n) is 3.33. The Balaban J connectivity index is 1.56. The Labute approximate surface area is 174 Å². The van der Waals surface area contributed by atoms with Gasteiger partial charge >= 0.3 is 0 Å². The van der Waals surface area contributed by atoms with E-state index in [1.54, 1.807) is 20.4 Å². The molecule has 5 nitrogen and oxygen atoms in total. The Bertz CT molecular complexity index is 927. The van der Waals surface area contributed by atoms with Gasteiger partial charge in [-0.25, -0.2) is 13.8 Å². The zero-order valence-corrected chi connectivity index (χ0v) is 16.9. The maximum Gasteiger partial charge on any atom is 0.257 e. The van der Waals surface area contributed by atoms with Crippen LogP contribution in [0.3, 0.4) is 0 Å². The molecule has 0 spiro atoms. The normalized spacial score (nSPS) is 16.7. The first-order valence-corrected chi connectivity index (χ1v) is 9.69. The van der Waals surface area contributed by atoms with E-state index in [9.17, 15) is 8.78 Å². The number of rotatable bonds is 8. The van der Waals surface area contributed by atoms with Crippen LogP contribution in [0.1, 0.15) is 29.2 Å². The van der Waals surface area contributed by atoms with Crippen LogP contribution in [0.25, 0.3) is 0 Å². The smallest absolute Gasteiger partial charge is 0.257 e. The van der Waals surface area contributed by atoms with Crippen molar-refractivity contribution in [2.24, 2.45) is 0 Å². The second-order valence-corrected chi connectivity index (χ2v) is 7.37. The lowest BCUT2D eigenvalue weighted by Gasteiger charge is -2.24. The zero-order valence-electron chi connectivity index (χ0n) is 16.9. The van der Waals surface area contributed by atoms with Gasteiger partial charge in [0, 0.05) is 19.5 Å². The topological polar surface area (TPSA) is 47.5 Å². The molecule has 4 rings (SSSR count). The van der Waals surface area contributed by atoms with E-state index >= 15 is 0 Å². The molecule has 0 radical (unpaired) electrons. The summed E-state index contributed by atoms with van der Waals surface area (Å²) in [4.78, 5) is 10.8. The molecule has 1 unspecified atom stereocenters. The second kappa shape index (κ2) is 8.26. The van der Waals surface area contributed by atoms with Gasteiger partial charge in [0.1, 0.15) is 17.3 Å². The molecule has 1 aliphatic rings. The number of methoxy groups -OCH3 is 2. The van der Waals surface area contributed by atoms with Crippen molar-refractivity contribution < 1.29 is 18.3 Å². The highest BCUT2D eigenvalue weighted by Gasteiger charge is 2.58. The van der Waals surface area contributed by atoms with E-state index in [0.29, 0.717) is 24.6 Å². The molecule has 1 heterocycles. The summed E-state index contributed by atoms with van der Waals surface area (Å²) in [5, 5.41) is 0. The predicted molar refractivity (Wildman–Crippen MR) is 110 cm³/mol. The van der Waals surface area contributed by atoms with Crippen LogP contribution < -0.4 is 14.4 Å². The van der Waals surface area contributed by atoms with Crippen molar-refractivity contribution in [3.8, 4) is 11.5 Å². The van der Waals surface area contributed by atoms with Gasteiger partial charge in [-0.3, -0.25) is 4.98 Å². The predicted octanol–water partition coefficient (Wildman–Crippen LogP) is 4.82. The summed E-state index contributed by atoms with van der Waals surface area (Å²) < 4.78 is 37.1. The third-order valence-electron chi connectivity index (χ3n) is 5.23. The molecular weight excluding hydrogens is 388 g/mol. The van der Waals surface area contributed by atoms with Crippen LogP contribution in [0.2, 0.25) is 0 Å². The standard InChI is InChI=1S/C23H23F2N3O2/c1-29-18-7-3-16(4-8-18)14-28(15-17-5-9-19(30-2)10-6-17)22-13-26-21(12-27-22)20-11-23(20,24)25/h3-10,12-13,20H,11,14-15H2,1-2H3. The second-order valence-electron chi connectivity index (χ2n) is 7.37. The van der Waals surface area contributed by atoms with Gasteiger partial charge < -0.3 is 14.4 Å². The molecular formula is C23H23F2N3O2. The monoisotopic (exact) mass is 411 g/mol. The summed E-state index contributed by atoms with van der Waals surface area (Å²) in [6.45, 7) is 1.17. The zero-order chi connectivity index (χ0) is 21.1. The minimum Gasteiger partial charge on any atom is -0.497 e. The fraction of sp³-hybridized carbons (Fsp3) is 0.304. The summed E-state index contributed by atoms with van der Waals surface area (Å²) in [7, 11) is 3.26. The lowest BCUT2D eigenvalue weighted by atomic mass is 10.1. The summed E-state index contributed by atoms with van der Waals surface area (Å²) in [6, 6.07) is 15.6. The first kappa shape index (κ1) is 20.1. The SMILES string of the molecule is COc1ccc(CN(Cc2ccc(OC)cc2)c2cnc(C3CC3(F)F)cn2)cc1. The van der Waals surface area contributed by atoms with Gasteiger partial charge in [0.25, 0.3) is 5.92 Å². The molecule has 2 aromatic carbocycles. The van der Waals surface area contributed by atoms with Crippen LogP contribution in [0.15, 0.2) is 60.9 Å². The molecule has 7 heteroatoms. The Morgan fingerprint density at radius 2 is 1.37 bits per heavy atom. The van der Waals surface area contributed by atoms with Gasteiger partial charge in [0.2, 0.25) is 0 Å². The molecule has 0 bridgehead atoms. The highest BCUT2D eigenvalue weighted by Crippen LogP contribution is 2.55. The van der Waals surface area contributed by atoms with E-state index in [2.05, 4.69) is 14.9 Å². The van der Waals surface area contributed by atoms with Gasteiger partial charge in [-0.05, 0) is 35.4 Å². The molecule has 0 saturated heterocycles. The van der Waals surface area contributed by atoms with Crippen LogP contribution in [0.5, 0.6) is 11.5 Å². The van der Waals surface area contributed by atoms with E-state index in [-0.39, 0.29) is 6.42 Å². The molecule has 1 atom stereocenters. The summed E-state index contributed by atoms with van der Waals surface area (Å²) in [5.74, 6) is -1.25. The molecule has 1 aromatic heterocycles. The van der Waals surface area contributed by atoms with E-state index < -0.39 is 11.8 Å². The Hall–Kier alpha value is -3.22. The number of benzene rings is 2. The van der Waals surface area contributed by atoms with Crippen molar-refractivity contribution in [1.29, 1.82) is 0 Å². The van der Waals surface area contributed by atoms with Crippen LogP contribution in [-0.4, -0.2) is 30.1 Å².